The summed E-state index contributed by atoms with van der Waals surface area (Å²) in [4.78, 5) is 45.5. The Labute approximate surface area is 151 Å². The molecule has 0 unspecified atom stereocenters. The first-order valence-electron chi connectivity index (χ1n) is 7.27. The molecular weight excluding hydrogens is 344 g/mol. The van der Waals surface area contributed by atoms with Crippen molar-refractivity contribution < 1.29 is 28.7 Å². The van der Waals surface area contributed by atoms with Gasteiger partial charge in [0, 0.05) is 0 Å². The first-order chi connectivity index (χ1) is 12.4. The number of carbonyl (C=O) groups is 4. The maximum absolute atomic E-state index is 11.6. The molecule has 0 fully saturated rings. The zero-order chi connectivity index (χ0) is 19.9. The van der Waals surface area contributed by atoms with E-state index in [9.17, 15) is 19.2 Å². The Balaban J connectivity index is 5.10. The summed E-state index contributed by atoms with van der Waals surface area (Å²) < 4.78 is 10.6. The van der Waals surface area contributed by atoms with Crippen LogP contribution < -0.4 is 21.3 Å². The third kappa shape index (κ3) is 9.80. The monoisotopic (exact) mass is 366 g/mol. The summed E-state index contributed by atoms with van der Waals surface area (Å²) >= 11 is 0. The van der Waals surface area contributed by atoms with E-state index in [1.165, 1.54) is 0 Å². The number of carbonyl (C=O) groups excluding carboxylic acids is 4. The quantitative estimate of drug-likeness (QED) is 0.239. The lowest BCUT2D eigenvalue weighted by atomic mass is 10.4. The first kappa shape index (κ1) is 22.8. The minimum atomic E-state index is -1.28. The van der Waals surface area contributed by atoms with Crippen LogP contribution >= 0.6 is 0 Å². The van der Waals surface area contributed by atoms with E-state index in [2.05, 4.69) is 47.6 Å². The molecule has 0 aromatic heterocycles. The van der Waals surface area contributed by atoms with Crippen LogP contribution in [0.15, 0.2) is 50.6 Å². The number of nitrogens with one attached hydrogen (secondary N) is 4. The van der Waals surface area contributed by atoms with Crippen LogP contribution in [0.25, 0.3) is 0 Å². The number of hydrogen-bond acceptors (Lipinski definition) is 6. The van der Waals surface area contributed by atoms with Gasteiger partial charge in [-0.05, 0) is 24.3 Å². The zero-order valence-electron chi connectivity index (χ0n) is 14.2. The molecule has 0 aliphatic rings. The second-order valence-electron chi connectivity index (χ2n) is 4.38. The van der Waals surface area contributed by atoms with Crippen LogP contribution in [0.5, 0.6) is 0 Å². The van der Waals surface area contributed by atoms with Gasteiger partial charge in [-0.3, -0.25) is 19.2 Å². The van der Waals surface area contributed by atoms with Crippen molar-refractivity contribution in [3.8, 4) is 0 Å². The van der Waals surface area contributed by atoms with Crippen molar-refractivity contribution >= 4 is 23.6 Å². The van der Waals surface area contributed by atoms with Crippen LogP contribution in [0.2, 0.25) is 0 Å². The van der Waals surface area contributed by atoms with Gasteiger partial charge in [-0.2, -0.15) is 0 Å². The largest absolute Gasteiger partial charge is 0.330 e. The lowest BCUT2D eigenvalue weighted by Crippen LogP contribution is -2.56. The SMILES string of the molecule is C=CC(=O)NCOC(OCNC(=O)C=C)C(NC(=O)C=C)NC(=O)C=C. The van der Waals surface area contributed by atoms with Gasteiger partial charge < -0.3 is 30.7 Å². The summed E-state index contributed by atoms with van der Waals surface area (Å²) in [5.41, 5.74) is 0. The molecule has 0 heterocycles. The van der Waals surface area contributed by atoms with Crippen molar-refractivity contribution in [2.45, 2.75) is 12.5 Å². The van der Waals surface area contributed by atoms with Crippen molar-refractivity contribution in [2.24, 2.45) is 0 Å². The summed E-state index contributed by atoms with van der Waals surface area (Å²) in [6, 6.07) is 0. The lowest BCUT2D eigenvalue weighted by Gasteiger charge is -2.28. The molecule has 4 amide bonds. The van der Waals surface area contributed by atoms with Crippen LogP contribution in [-0.2, 0) is 28.7 Å². The van der Waals surface area contributed by atoms with E-state index >= 15 is 0 Å². The lowest BCUT2D eigenvalue weighted by molar-refractivity contribution is -0.177. The number of amides is 4. The molecule has 0 radical (unpaired) electrons. The molecule has 0 aromatic rings. The maximum Gasteiger partial charge on any atom is 0.245 e. The minimum absolute atomic E-state index is 0.324. The van der Waals surface area contributed by atoms with Crippen LogP contribution in [0.3, 0.4) is 0 Å². The molecule has 0 saturated heterocycles. The smallest absolute Gasteiger partial charge is 0.245 e. The molecule has 10 heteroatoms. The Kier molecular flexibility index (Phi) is 11.5. The van der Waals surface area contributed by atoms with Crippen molar-refractivity contribution in [1.82, 2.24) is 21.3 Å². The molecule has 26 heavy (non-hydrogen) atoms. The standard InChI is InChI=1S/C16H22N4O6/c1-5-11(21)17-9-25-16(26-10-18-12(22)6-2)15(19-13(23)7-3)20-14(24)8-4/h5-8,15-16H,1-4,9-10H2,(H,17,21)(H,18,22)(H,19,23)(H,20,24). The topological polar surface area (TPSA) is 135 Å². The fourth-order valence-corrected chi connectivity index (χ4v) is 1.37. The maximum atomic E-state index is 11.6. The van der Waals surface area contributed by atoms with E-state index in [1.54, 1.807) is 0 Å². The predicted octanol–water partition coefficient (Wildman–Crippen LogP) is -1.20. The summed E-state index contributed by atoms with van der Waals surface area (Å²) in [6.45, 7) is 12.5. The minimum Gasteiger partial charge on any atom is -0.330 e. The fraction of sp³-hybridized carbons (Fsp3) is 0.250. The number of ether oxygens (including phenoxy) is 2. The molecule has 0 aromatic carbocycles. The second kappa shape index (κ2) is 13.1. The van der Waals surface area contributed by atoms with Crippen LogP contribution in [0, 0.1) is 0 Å². The van der Waals surface area contributed by atoms with Crippen LogP contribution in [-0.4, -0.2) is 49.5 Å². The molecule has 0 saturated carbocycles. The summed E-state index contributed by atoms with van der Waals surface area (Å²) in [6.07, 6.45) is 1.55. The number of rotatable bonds is 13. The van der Waals surface area contributed by atoms with E-state index in [4.69, 9.17) is 9.47 Å². The third-order valence-corrected chi connectivity index (χ3v) is 2.60. The van der Waals surface area contributed by atoms with Crippen LogP contribution in [0.1, 0.15) is 0 Å². The molecule has 0 rings (SSSR count). The summed E-state index contributed by atoms with van der Waals surface area (Å²) in [7, 11) is 0. The van der Waals surface area contributed by atoms with Crippen molar-refractivity contribution in [2.75, 3.05) is 13.5 Å². The summed E-state index contributed by atoms with van der Waals surface area (Å²) in [5.74, 6) is -2.26. The van der Waals surface area contributed by atoms with Gasteiger partial charge in [-0.1, -0.05) is 26.3 Å². The fourth-order valence-electron chi connectivity index (χ4n) is 1.37. The average molecular weight is 366 g/mol. The first-order valence-corrected chi connectivity index (χ1v) is 7.27. The molecule has 0 atom stereocenters. The van der Waals surface area contributed by atoms with Gasteiger partial charge >= 0.3 is 0 Å². The Morgan fingerprint density at radius 2 is 1.04 bits per heavy atom. The van der Waals surface area contributed by atoms with Gasteiger partial charge in [0.15, 0.2) is 12.5 Å². The predicted molar refractivity (Wildman–Crippen MR) is 92.8 cm³/mol. The molecule has 142 valence electrons. The van der Waals surface area contributed by atoms with Gasteiger partial charge in [0.1, 0.15) is 13.5 Å². The highest BCUT2D eigenvalue weighted by Crippen LogP contribution is 2.00. The van der Waals surface area contributed by atoms with E-state index in [1.807, 2.05) is 0 Å². The van der Waals surface area contributed by atoms with Crippen molar-refractivity contribution in [3.63, 3.8) is 0 Å². The Morgan fingerprint density at radius 3 is 1.35 bits per heavy atom. The molecule has 0 bridgehead atoms. The highest BCUT2D eigenvalue weighted by molar-refractivity contribution is 5.89. The molecule has 10 nitrogen and oxygen atoms in total. The van der Waals surface area contributed by atoms with Crippen molar-refractivity contribution in [1.29, 1.82) is 0 Å². The summed E-state index contributed by atoms with van der Waals surface area (Å²) in [5, 5.41) is 9.44. The van der Waals surface area contributed by atoms with Gasteiger partial charge in [0.05, 0.1) is 0 Å². The molecule has 4 N–H and O–H groups in total. The highest BCUT2D eigenvalue weighted by atomic mass is 16.7. The van der Waals surface area contributed by atoms with Crippen LogP contribution in [0.4, 0.5) is 0 Å². The van der Waals surface area contributed by atoms with E-state index in [-0.39, 0.29) is 13.5 Å². The average Bonchev–Trinajstić information content (AvgIpc) is 2.65. The third-order valence-electron chi connectivity index (χ3n) is 2.60. The highest BCUT2D eigenvalue weighted by Gasteiger charge is 2.26. The molecule has 0 aliphatic carbocycles. The van der Waals surface area contributed by atoms with E-state index in [0.717, 1.165) is 24.3 Å². The van der Waals surface area contributed by atoms with Gasteiger partial charge in [0.2, 0.25) is 23.6 Å². The Morgan fingerprint density at radius 1 is 0.692 bits per heavy atom. The Hall–Kier alpha value is -3.24. The van der Waals surface area contributed by atoms with Crippen molar-refractivity contribution in [3.05, 3.63) is 50.6 Å². The molecular formula is C16H22N4O6. The molecule has 0 spiro atoms. The van der Waals surface area contributed by atoms with Gasteiger partial charge in [-0.15, -0.1) is 0 Å². The Bertz CT molecular complexity index is 527. The van der Waals surface area contributed by atoms with Gasteiger partial charge in [0.25, 0.3) is 0 Å². The normalized spacial score (nSPS) is 9.77. The van der Waals surface area contributed by atoms with E-state index < -0.39 is 36.1 Å². The molecule has 0 aliphatic heterocycles. The second-order valence-corrected chi connectivity index (χ2v) is 4.38. The zero-order valence-corrected chi connectivity index (χ0v) is 14.2. The van der Waals surface area contributed by atoms with E-state index in [0.29, 0.717) is 0 Å². The number of hydrogen-bond donors (Lipinski definition) is 4. The van der Waals surface area contributed by atoms with Gasteiger partial charge in [-0.25, -0.2) is 0 Å².